The van der Waals surface area contributed by atoms with Gasteiger partial charge in [-0.05, 0) is 19.8 Å². The SMILES string of the molecule is COCCN1CCC[C@](O)(CN2CCN(c3cc(C)nc(N)n3)CC2)C1=O. The Hall–Kier alpha value is -1.97. The molecule has 3 heterocycles. The van der Waals surface area contributed by atoms with Crippen LogP contribution in [0.2, 0.25) is 0 Å². The number of hydrogen-bond acceptors (Lipinski definition) is 8. The quantitative estimate of drug-likeness (QED) is 0.681. The van der Waals surface area contributed by atoms with Crippen LogP contribution in [0.3, 0.4) is 0 Å². The van der Waals surface area contributed by atoms with Crippen molar-refractivity contribution >= 4 is 17.7 Å². The van der Waals surface area contributed by atoms with Crippen LogP contribution in [0.15, 0.2) is 6.07 Å². The second-order valence-electron chi connectivity index (χ2n) is 7.41. The number of aryl methyl sites for hydroxylation is 1. The first-order chi connectivity index (χ1) is 12.9. The summed E-state index contributed by atoms with van der Waals surface area (Å²) in [5.74, 6) is 0.941. The summed E-state index contributed by atoms with van der Waals surface area (Å²) in [6, 6.07) is 1.93. The predicted molar refractivity (Wildman–Crippen MR) is 102 cm³/mol. The maximum atomic E-state index is 12.7. The van der Waals surface area contributed by atoms with Crippen LogP contribution in [0.4, 0.5) is 11.8 Å². The largest absolute Gasteiger partial charge is 0.383 e. The van der Waals surface area contributed by atoms with Crippen LogP contribution in [-0.4, -0.2) is 95.9 Å². The number of rotatable bonds is 6. The van der Waals surface area contributed by atoms with Gasteiger partial charge in [-0.1, -0.05) is 0 Å². The van der Waals surface area contributed by atoms with E-state index < -0.39 is 5.60 Å². The predicted octanol–water partition coefficient (Wildman–Crippen LogP) is -0.511. The number of nitrogen functional groups attached to an aromatic ring is 1. The lowest BCUT2D eigenvalue weighted by Gasteiger charge is -2.43. The van der Waals surface area contributed by atoms with Crippen LogP contribution < -0.4 is 10.6 Å². The van der Waals surface area contributed by atoms with Gasteiger partial charge in [-0.15, -0.1) is 0 Å². The minimum Gasteiger partial charge on any atom is -0.383 e. The summed E-state index contributed by atoms with van der Waals surface area (Å²) in [5.41, 5.74) is 5.30. The molecule has 27 heavy (non-hydrogen) atoms. The van der Waals surface area contributed by atoms with E-state index in [0.29, 0.717) is 32.7 Å². The number of aromatic nitrogens is 2. The third-order valence-electron chi connectivity index (χ3n) is 5.31. The molecule has 0 unspecified atom stereocenters. The molecule has 0 radical (unpaired) electrons. The fourth-order valence-corrected chi connectivity index (χ4v) is 3.87. The van der Waals surface area contributed by atoms with E-state index in [1.165, 1.54) is 0 Å². The summed E-state index contributed by atoms with van der Waals surface area (Å²) in [4.78, 5) is 27.2. The van der Waals surface area contributed by atoms with Gasteiger partial charge in [0.1, 0.15) is 5.82 Å². The fraction of sp³-hybridized carbons (Fsp3) is 0.722. The number of piperidine rings is 1. The lowest BCUT2D eigenvalue weighted by atomic mass is 9.91. The third-order valence-corrected chi connectivity index (χ3v) is 5.31. The van der Waals surface area contributed by atoms with Gasteiger partial charge in [0, 0.05) is 64.7 Å². The van der Waals surface area contributed by atoms with Crippen molar-refractivity contribution in [2.75, 3.05) is 70.2 Å². The molecule has 0 bridgehead atoms. The Labute approximate surface area is 160 Å². The summed E-state index contributed by atoms with van der Waals surface area (Å²) in [6.07, 6.45) is 1.32. The summed E-state index contributed by atoms with van der Waals surface area (Å²) in [7, 11) is 1.62. The molecular weight excluding hydrogens is 348 g/mol. The van der Waals surface area contributed by atoms with Crippen LogP contribution in [0.5, 0.6) is 0 Å². The van der Waals surface area contributed by atoms with E-state index in [4.69, 9.17) is 10.5 Å². The highest BCUT2D eigenvalue weighted by Gasteiger charge is 2.43. The molecule has 3 N–H and O–H groups in total. The number of likely N-dealkylation sites (tertiary alicyclic amines) is 1. The number of nitrogens with zero attached hydrogens (tertiary/aromatic N) is 5. The van der Waals surface area contributed by atoms with Crippen molar-refractivity contribution in [3.8, 4) is 0 Å². The molecule has 1 atom stereocenters. The van der Waals surface area contributed by atoms with Gasteiger partial charge in [0.2, 0.25) is 5.95 Å². The second kappa shape index (κ2) is 8.37. The number of hydrogen-bond donors (Lipinski definition) is 2. The molecule has 9 heteroatoms. The number of aliphatic hydroxyl groups is 1. The minimum atomic E-state index is -1.30. The second-order valence-corrected chi connectivity index (χ2v) is 7.41. The summed E-state index contributed by atoms with van der Waals surface area (Å²) in [5, 5.41) is 11.0. The van der Waals surface area contributed by atoms with Crippen molar-refractivity contribution < 1.29 is 14.6 Å². The summed E-state index contributed by atoms with van der Waals surface area (Å²) < 4.78 is 5.07. The number of piperazine rings is 1. The van der Waals surface area contributed by atoms with Crippen LogP contribution in [0, 0.1) is 6.92 Å². The number of anilines is 2. The van der Waals surface area contributed by atoms with Gasteiger partial charge in [0.15, 0.2) is 5.60 Å². The highest BCUT2D eigenvalue weighted by atomic mass is 16.5. The van der Waals surface area contributed by atoms with Gasteiger partial charge in [-0.3, -0.25) is 9.69 Å². The maximum Gasteiger partial charge on any atom is 0.255 e. The molecule has 0 aromatic carbocycles. The molecule has 150 valence electrons. The number of amides is 1. The molecule has 1 aromatic rings. The molecule has 0 saturated carbocycles. The molecular formula is C18H30N6O3. The Kier molecular flexibility index (Phi) is 6.13. The van der Waals surface area contributed by atoms with Crippen molar-refractivity contribution in [1.82, 2.24) is 19.8 Å². The zero-order valence-electron chi connectivity index (χ0n) is 16.2. The Morgan fingerprint density at radius 1 is 1.26 bits per heavy atom. The smallest absolute Gasteiger partial charge is 0.255 e. The lowest BCUT2D eigenvalue weighted by molar-refractivity contribution is -0.160. The number of β-amino-alcohol motifs (C(OH)–C–C–N with tert-alkyl or cyclic N) is 1. The normalized spacial score (nSPS) is 24.5. The van der Waals surface area contributed by atoms with Crippen LogP contribution in [0.1, 0.15) is 18.5 Å². The van der Waals surface area contributed by atoms with Crippen molar-refractivity contribution in [1.29, 1.82) is 0 Å². The number of nitrogens with two attached hydrogens (primary N) is 1. The van der Waals surface area contributed by atoms with Crippen LogP contribution >= 0.6 is 0 Å². The summed E-state index contributed by atoms with van der Waals surface area (Å²) in [6.45, 7) is 7.04. The van der Waals surface area contributed by atoms with Crippen molar-refractivity contribution in [2.45, 2.75) is 25.4 Å². The number of carbonyl (C=O) groups excluding carboxylic acids is 1. The Morgan fingerprint density at radius 3 is 2.67 bits per heavy atom. The van der Waals surface area contributed by atoms with Crippen LogP contribution in [0.25, 0.3) is 0 Å². The van der Waals surface area contributed by atoms with Crippen molar-refractivity contribution in [3.63, 3.8) is 0 Å². The van der Waals surface area contributed by atoms with E-state index >= 15 is 0 Å². The van der Waals surface area contributed by atoms with E-state index in [1.807, 2.05) is 13.0 Å². The molecule has 2 fully saturated rings. The maximum absolute atomic E-state index is 12.7. The molecule has 2 saturated heterocycles. The zero-order valence-corrected chi connectivity index (χ0v) is 16.2. The fourth-order valence-electron chi connectivity index (χ4n) is 3.87. The first-order valence-electron chi connectivity index (χ1n) is 9.50. The first kappa shape index (κ1) is 19.8. The topological polar surface area (TPSA) is 108 Å². The first-order valence-corrected chi connectivity index (χ1v) is 9.50. The zero-order chi connectivity index (χ0) is 19.4. The molecule has 1 amide bonds. The third kappa shape index (κ3) is 4.66. The van der Waals surface area contributed by atoms with E-state index in [1.54, 1.807) is 12.0 Å². The molecule has 2 aliphatic rings. The average Bonchev–Trinajstić information content (AvgIpc) is 2.63. The molecule has 0 aliphatic carbocycles. The van der Waals surface area contributed by atoms with Crippen LogP contribution in [-0.2, 0) is 9.53 Å². The molecule has 0 spiro atoms. The highest BCUT2D eigenvalue weighted by molar-refractivity contribution is 5.86. The Morgan fingerprint density at radius 2 is 2.00 bits per heavy atom. The van der Waals surface area contributed by atoms with E-state index in [2.05, 4.69) is 19.8 Å². The van der Waals surface area contributed by atoms with Gasteiger partial charge in [0.05, 0.1) is 6.61 Å². The Balaban J connectivity index is 1.57. The molecule has 9 nitrogen and oxygen atoms in total. The standard InChI is InChI=1S/C18H30N6O3/c1-14-12-15(21-17(19)20-14)23-8-6-22(7-9-23)13-18(26)4-3-5-24(16(18)25)10-11-27-2/h12,26H,3-11,13H2,1-2H3,(H2,19,20,21)/t18-/m0/s1. The molecule has 3 rings (SSSR count). The number of ether oxygens (including phenoxy) is 1. The molecule has 1 aromatic heterocycles. The van der Waals surface area contributed by atoms with E-state index in [9.17, 15) is 9.90 Å². The monoisotopic (exact) mass is 378 g/mol. The number of carbonyl (C=O) groups is 1. The van der Waals surface area contributed by atoms with Gasteiger partial charge < -0.3 is 25.4 Å². The van der Waals surface area contributed by atoms with Crippen molar-refractivity contribution in [2.24, 2.45) is 0 Å². The Bertz CT molecular complexity index is 644. The minimum absolute atomic E-state index is 0.174. The molecule has 2 aliphatic heterocycles. The summed E-state index contributed by atoms with van der Waals surface area (Å²) >= 11 is 0. The van der Waals surface area contributed by atoms with Gasteiger partial charge in [-0.25, -0.2) is 4.98 Å². The lowest BCUT2D eigenvalue weighted by Crippen LogP contribution is -2.61. The van der Waals surface area contributed by atoms with Gasteiger partial charge in [0.25, 0.3) is 5.91 Å². The van der Waals surface area contributed by atoms with Gasteiger partial charge >= 0.3 is 0 Å². The van der Waals surface area contributed by atoms with E-state index in [-0.39, 0.29) is 11.9 Å². The van der Waals surface area contributed by atoms with Gasteiger partial charge in [-0.2, -0.15) is 4.98 Å². The highest BCUT2D eigenvalue weighted by Crippen LogP contribution is 2.25. The van der Waals surface area contributed by atoms with E-state index in [0.717, 1.165) is 44.1 Å². The van der Waals surface area contributed by atoms with Crippen molar-refractivity contribution in [3.05, 3.63) is 11.8 Å². The average molecular weight is 378 g/mol. The number of methoxy groups -OCH3 is 1.